The number of carbonyl (C=O) groups excluding carboxylic acids is 1. The van der Waals surface area contributed by atoms with Crippen molar-refractivity contribution in [1.82, 2.24) is 5.43 Å². The Kier molecular flexibility index (Phi) is 7.90. The molecule has 0 radical (unpaired) electrons. The second-order valence-electron chi connectivity index (χ2n) is 7.44. The maximum atomic E-state index is 12.8. The molecule has 0 aliphatic heterocycles. The van der Waals surface area contributed by atoms with E-state index in [-0.39, 0.29) is 15.5 Å². The molecule has 0 spiro atoms. The summed E-state index contributed by atoms with van der Waals surface area (Å²) in [5.74, 6) is 0.693. The van der Waals surface area contributed by atoms with Gasteiger partial charge >= 0.3 is 0 Å². The highest BCUT2D eigenvalue weighted by molar-refractivity contribution is 7.92. The SMILES string of the molecule is O=C(NN=Cc1cccc(Oc2ccccc2)c1)c1ccc(Cl)c(S(=O)(=O)Nc2ccc(Cl)cc2)c1. The number of halogens is 2. The number of carbonyl (C=O) groups is 1. The van der Waals surface area contributed by atoms with E-state index in [2.05, 4.69) is 15.2 Å². The number of benzene rings is 4. The third-order valence-electron chi connectivity index (χ3n) is 4.80. The summed E-state index contributed by atoms with van der Waals surface area (Å²) >= 11 is 12.0. The summed E-state index contributed by atoms with van der Waals surface area (Å²) in [6, 6.07) is 26.5. The van der Waals surface area contributed by atoms with E-state index < -0.39 is 15.9 Å². The molecule has 0 saturated carbocycles. The Hall–Kier alpha value is -3.85. The molecule has 0 aromatic heterocycles. The van der Waals surface area contributed by atoms with Crippen molar-refractivity contribution >= 4 is 51.0 Å². The van der Waals surface area contributed by atoms with Crippen LogP contribution in [0, 0.1) is 0 Å². The average Bonchev–Trinajstić information content (AvgIpc) is 2.86. The highest BCUT2D eigenvalue weighted by Crippen LogP contribution is 2.26. The normalized spacial score (nSPS) is 11.3. The number of rotatable bonds is 8. The fourth-order valence-corrected chi connectivity index (χ4v) is 4.80. The second kappa shape index (κ2) is 11.3. The highest BCUT2D eigenvalue weighted by atomic mass is 35.5. The quantitative estimate of drug-likeness (QED) is 0.201. The van der Waals surface area contributed by atoms with Gasteiger partial charge in [-0.25, -0.2) is 13.8 Å². The molecule has 10 heteroatoms. The highest BCUT2D eigenvalue weighted by Gasteiger charge is 2.20. The maximum Gasteiger partial charge on any atom is 0.271 e. The first kappa shape index (κ1) is 25.2. The fraction of sp³-hybridized carbons (Fsp3) is 0. The maximum absolute atomic E-state index is 12.8. The van der Waals surface area contributed by atoms with Gasteiger partial charge in [0.05, 0.1) is 11.2 Å². The predicted octanol–water partition coefficient (Wildman–Crippen LogP) is 6.35. The molecule has 0 atom stereocenters. The molecule has 4 aromatic carbocycles. The molecule has 4 rings (SSSR count). The summed E-state index contributed by atoms with van der Waals surface area (Å²) in [7, 11) is -4.06. The van der Waals surface area contributed by atoms with Gasteiger partial charge in [-0.2, -0.15) is 5.10 Å². The van der Waals surface area contributed by atoms with E-state index in [4.69, 9.17) is 27.9 Å². The van der Waals surface area contributed by atoms with Gasteiger partial charge in [-0.15, -0.1) is 0 Å². The van der Waals surface area contributed by atoms with Gasteiger partial charge in [0.1, 0.15) is 16.4 Å². The smallest absolute Gasteiger partial charge is 0.271 e. The minimum atomic E-state index is -4.06. The molecule has 182 valence electrons. The van der Waals surface area contributed by atoms with Crippen LogP contribution >= 0.6 is 23.2 Å². The van der Waals surface area contributed by atoms with Crippen LogP contribution in [0.25, 0.3) is 0 Å². The van der Waals surface area contributed by atoms with Crippen molar-refractivity contribution in [3.05, 3.63) is 118 Å². The Morgan fingerprint density at radius 1 is 0.833 bits per heavy atom. The van der Waals surface area contributed by atoms with E-state index in [1.165, 1.54) is 36.5 Å². The van der Waals surface area contributed by atoms with Crippen LogP contribution in [0.15, 0.2) is 107 Å². The van der Waals surface area contributed by atoms with Gasteiger partial charge in [0, 0.05) is 16.3 Å². The van der Waals surface area contributed by atoms with E-state index in [0.29, 0.717) is 27.8 Å². The molecule has 0 fully saturated rings. The Balaban J connectivity index is 1.44. The van der Waals surface area contributed by atoms with E-state index in [1.807, 2.05) is 30.3 Å². The minimum absolute atomic E-state index is 0.0354. The van der Waals surface area contributed by atoms with Gasteiger partial charge in [0.15, 0.2) is 0 Å². The second-order valence-corrected chi connectivity index (χ2v) is 9.94. The number of hydrazone groups is 1. The van der Waals surface area contributed by atoms with E-state index in [1.54, 1.807) is 36.4 Å². The molecule has 0 unspecified atom stereocenters. The molecule has 2 N–H and O–H groups in total. The molecule has 0 saturated heterocycles. The van der Waals surface area contributed by atoms with Crippen LogP contribution in [0.2, 0.25) is 10.0 Å². The molecule has 4 aromatic rings. The van der Waals surface area contributed by atoms with Gasteiger partial charge in [-0.3, -0.25) is 9.52 Å². The number of amides is 1. The number of ether oxygens (including phenoxy) is 1. The minimum Gasteiger partial charge on any atom is -0.457 e. The first-order valence-corrected chi connectivity index (χ1v) is 12.8. The van der Waals surface area contributed by atoms with Crippen LogP contribution in [-0.4, -0.2) is 20.5 Å². The number of hydrogen-bond acceptors (Lipinski definition) is 5. The molecule has 0 heterocycles. The zero-order valence-electron chi connectivity index (χ0n) is 18.6. The number of nitrogens with one attached hydrogen (secondary N) is 2. The number of nitrogens with zero attached hydrogens (tertiary/aromatic N) is 1. The van der Waals surface area contributed by atoms with Crippen LogP contribution < -0.4 is 14.9 Å². The van der Waals surface area contributed by atoms with E-state index >= 15 is 0 Å². The zero-order valence-corrected chi connectivity index (χ0v) is 20.9. The summed E-state index contributed by atoms with van der Waals surface area (Å²) in [4.78, 5) is 12.4. The lowest BCUT2D eigenvalue weighted by Crippen LogP contribution is -2.19. The first-order chi connectivity index (χ1) is 17.3. The lowest BCUT2D eigenvalue weighted by Gasteiger charge is -2.11. The Morgan fingerprint density at radius 3 is 2.31 bits per heavy atom. The molecule has 36 heavy (non-hydrogen) atoms. The molecule has 7 nitrogen and oxygen atoms in total. The zero-order chi connectivity index (χ0) is 25.5. The molecule has 0 aliphatic rings. The van der Waals surface area contributed by atoms with Crippen molar-refractivity contribution in [2.75, 3.05) is 4.72 Å². The molecule has 0 bridgehead atoms. The van der Waals surface area contributed by atoms with Gasteiger partial charge < -0.3 is 4.74 Å². The van der Waals surface area contributed by atoms with Crippen LogP contribution in [0.4, 0.5) is 5.69 Å². The van der Waals surface area contributed by atoms with Gasteiger partial charge in [0.2, 0.25) is 0 Å². The van der Waals surface area contributed by atoms with Crippen LogP contribution in [-0.2, 0) is 10.0 Å². The summed E-state index contributed by atoms with van der Waals surface area (Å²) in [6.07, 6.45) is 1.45. The summed E-state index contributed by atoms with van der Waals surface area (Å²) < 4.78 is 33.9. The average molecular weight is 540 g/mol. The Bertz CT molecular complexity index is 1510. The van der Waals surface area contributed by atoms with Crippen LogP contribution in [0.3, 0.4) is 0 Å². The fourth-order valence-electron chi connectivity index (χ4n) is 3.09. The van der Waals surface area contributed by atoms with Gasteiger partial charge in [0.25, 0.3) is 15.9 Å². The van der Waals surface area contributed by atoms with E-state index in [0.717, 1.165) is 0 Å². The monoisotopic (exact) mass is 539 g/mol. The predicted molar refractivity (Wildman–Crippen MR) is 142 cm³/mol. The van der Waals surface area contributed by atoms with Gasteiger partial charge in [-0.1, -0.05) is 53.5 Å². The lowest BCUT2D eigenvalue weighted by molar-refractivity contribution is 0.0955. The standard InChI is InChI=1S/C26H19Cl2N3O4S/c27-20-10-12-21(13-11-20)31-36(33,34)25-16-19(9-14-24(25)28)26(32)30-29-17-18-5-4-8-23(15-18)35-22-6-2-1-3-7-22/h1-17,31H,(H,30,32). The molecular weight excluding hydrogens is 521 g/mol. The van der Waals surface area contributed by atoms with E-state index in [9.17, 15) is 13.2 Å². The molecule has 0 aliphatic carbocycles. The first-order valence-electron chi connectivity index (χ1n) is 10.5. The van der Waals surface area contributed by atoms with Crippen molar-refractivity contribution in [2.24, 2.45) is 5.10 Å². The van der Waals surface area contributed by atoms with Crippen molar-refractivity contribution in [2.45, 2.75) is 4.90 Å². The number of sulfonamides is 1. The van der Waals surface area contributed by atoms with Crippen molar-refractivity contribution in [3.8, 4) is 11.5 Å². The van der Waals surface area contributed by atoms with Crippen molar-refractivity contribution < 1.29 is 17.9 Å². The third kappa shape index (κ3) is 6.63. The van der Waals surface area contributed by atoms with Gasteiger partial charge in [-0.05, 0) is 72.3 Å². The number of hydrogen-bond donors (Lipinski definition) is 2. The third-order valence-corrected chi connectivity index (χ3v) is 6.91. The molecular formula is C26H19Cl2N3O4S. The Morgan fingerprint density at radius 2 is 1.56 bits per heavy atom. The van der Waals surface area contributed by atoms with Crippen LogP contribution in [0.5, 0.6) is 11.5 Å². The number of para-hydroxylation sites is 1. The summed E-state index contributed by atoms with van der Waals surface area (Å²) in [6.45, 7) is 0. The summed E-state index contributed by atoms with van der Waals surface area (Å²) in [5.41, 5.74) is 3.44. The summed E-state index contributed by atoms with van der Waals surface area (Å²) in [5, 5.41) is 4.39. The van der Waals surface area contributed by atoms with Crippen molar-refractivity contribution in [1.29, 1.82) is 0 Å². The van der Waals surface area contributed by atoms with Crippen LogP contribution in [0.1, 0.15) is 15.9 Å². The van der Waals surface area contributed by atoms with Crippen molar-refractivity contribution in [3.63, 3.8) is 0 Å². The topological polar surface area (TPSA) is 96.9 Å². The molecule has 1 amide bonds. The lowest BCUT2D eigenvalue weighted by atomic mass is 10.2. The Labute approximate surface area is 218 Å². The largest absolute Gasteiger partial charge is 0.457 e. The number of anilines is 1.